The molecule has 0 spiro atoms. The lowest BCUT2D eigenvalue weighted by molar-refractivity contribution is -0.202. The van der Waals surface area contributed by atoms with Crippen molar-refractivity contribution in [2.75, 3.05) is 59.9 Å². The minimum Gasteiger partial charge on any atom is -0.444 e. The number of nitrogens with zero attached hydrogens (tertiary/aromatic N) is 4. The highest BCUT2D eigenvalue weighted by atomic mass is 19.4. The molecular formula is C66H103F3N10O14. The van der Waals surface area contributed by atoms with E-state index in [2.05, 4.69) is 31.3 Å². The number of halogens is 3. The molecule has 1 aliphatic rings. The molecule has 0 bridgehead atoms. The van der Waals surface area contributed by atoms with E-state index in [1.165, 1.54) is 26.0 Å². The Morgan fingerprint density at radius 1 is 0.720 bits per heavy atom. The molecule has 1 heterocycles. The minimum absolute atomic E-state index is 0.132. The van der Waals surface area contributed by atoms with E-state index in [1.807, 2.05) is 65.6 Å². The number of esters is 2. The summed E-state index contributed by atoms with van der Waals surface area (Å²) >= 11 is 0. The van der Waals surface area contributed by atoms with Crippen LogP contribution in [0.1, 0.15) is 133 Å². The molecule has 24 nitrogen and oxygen atoms in total. The van der Waals surface area contributed by atoms with Crippen LogP contribution in [0, 0.1) is 29.6 Å². The number of nitrogens with one attached hydrogen (secondary N) is 5. The van der Waals surface area contributed by atoms with Crippen LogP contribution in [0.15, 0.2) is 54.6 Å². The SMILES string of the molecule is CCC(C)C(C(CC(=O)N1CCC[C@H]1[C@H](OC)[C@@H](C)C(=O)N[C@@H](Cc1ccccc1)C(=O)OC(=O)C(F)(F)F)OC)N(C)C(=O)[C@@H](NC(=O)[C@H](C(C)C)N(C)CCc1ccc(N(C)C(=O)[C@H](CCCNC(N)=O)NC(=O)[C@@H](NC(=O)OC(C)(C)C)C(C)C)cc1)C(C)C. The van der Waals surface area contributed by atoms with Gasteiger partial charge in [-0.05, 0) is 107 Å². The van der Waals surface area contributed by atoms with Gasteiger partial charge in [-0.3, -0.25) is 33.7 Å². The number of amides is 9. The second-order valence-electron chi connectivity index (χ2n) is 26.1. The maximum absolute atomic E-state index is 14.9. The summed E-state index contributed by atoms with van der Waals surface area (Å²) in [6, 6.07) is 7.82. The predicted octanol–water partition coefficient (Wildman–Crippen LogP) is 6.05. The average molecular weight is 1320 g/mol. The minimum atomic E-state index is -5.47. The number of benzene rings is 2. The maximum atomic E-state index is 14.9. The number of carbonyl (C=O) groups is 10. The van der Waals surface area contributed by atoms with Crippen LogP contribution >= 0.6 is 0 Å². The average Bonchev–Trinajstić information content (AvgIpc) is 1.81. The fourth-order valence-corrected chi connectivity index (χ4v) is 11.6. The van der Waals surface area contributed by atoms with Crippen LogP contribution in [0.2, 0.25) is 0 Å². The standard InChI is InChI=1S/C66H103F3N10O14/c1-18-41(8)54(49(90-16)37-50(80)79-34-23-27-48(79)55(91-17)42(9)56(81)73-47(36-44-24-20-19-21-25-44)61(86)92-62(87)66(67,68)69)78(15)60(85)52(39(4)5)74-58(83)53(40(6)7)76(13)35-32-43-28-30-45(31-29-43)77(14)59(84)46(26-22-33-71-63(70)88)72-57(82)51(38(2)3)75-64(89)93-65(10,11)12/h19-21,24-25,28-31,38-42,46-49,51-55H,18,22-23,26-27,32-37H2,1-17H3,(H,72,82)(H,73,81)(H,74,83)(H,75,89)(H3,70,71,88)/t41?,42-,46+,47+,48+,49?,51+,52+,53+,54?,55-/m1/s1. The zero-order chi connectivity index (χ0) is 70.4. The number of likely N-dealkylation sites (N-methyl/N-ethyl adjacent to an activating group) is 3. The topological polar surface area (TPSA) is 307 Å². The molecule has 93 heavy (non-hydrogen) atoms. The molecule has 0 aliphatic carbocycles. The number of rotatable bonds is 34. The molecule has 3 rings (SSSR count). The first-order valence-electron chi connectivity index (χ1n) is 31.9. The first kappa shape index (κ1) is 79.8. The first-order valence-corrected chi connectivity index (χ1v) is 31.9. The third kappa shape index (κ3) is 24.5. The number of hydrogen-bond acceptors (Lipinski definition) is 15. The van der Waals surface area contributed by atoms with Gasteiger partial charge >= 0.3 is 30.2 Å². The molecule has 0 radical (unpaired) electrons. The Morgan fingerprint density at radius 3 is 1.85 bits per heavy atom. The van der Waals surface area contributed by atoms with Crippen LogP contribution in [0.5, 0.6) is 0 Å². The Bertz CT molecular complexity index is 2800. The van der Waals surface area contributed by atoms with Crippen molar-refractivity contribution in [1.29, 1.82) is 0 Å². The number of carbonyl (C=O) groups excluding carboxylic acids is 10. The van der Waals surface area contributed by atoms with Crippen LogP contribution < -0.4 is 37.2 Å². The Kier molecular flexibility index (Phi) is 31.7. The number of alkyl halides is 3. The molecule has 522 valence electrons. The van der Waals surface area contributed by atoms with Gasteiger partial charge in [0.25, 0.3) is 0 Å². The number of anilines is 1. The normalized spacial score (nSPS) is 16.8. The molecule has 2 aromatic rings. The monoisotopic (exact) mass is 1320 g/mol. The van der Waals surface area contributed by atoms with Gasteiger partial charge in [-0.1, -0.05) is 111 Å². The molecular weight excluding hydrogens is 1210 g/mol. The van der Waals surface area contributed by atoms with Crippen LogP contribution in [0.4, 0.5) is 28.4 Å². The van der Waals surface area contributed by atoms with Crippen LogP contribution in [0.25, 0.3) is 0 Å². The van der Waals surface area contributed by atoms with E-state index in [1.54, 1.807) is 101 Å². The number of alkyl carbamates (subject to hydrolysis) is 1. The van der Waals surface area contributed by atoms with Gasteiger partial charge in [0, 0.05) is 60.1 Å². The van der Waals surface area contributed by atoms with Crippen molar-refractivity contribution >= 4 is 65.2 Å². The summed E-state index contributed by atoms with van der Waals surface area (Å²) in [5.41, 5.74) is 6.31. The molecule has 1 saturated heterocycles. The fraction of sp³-hybridized carbons (Fsp3) is 0.667. The Hall–Kier alpha value is -7.39. The molecule has 7 N–H and O–H groups in total. The van der Waals surface area contributed by atoms with Crippen molar-refractivity contribution in [3.8, 4) is 0 Å². The highest BCUT2D eigenvalue weighted by molar-refractivity contribution is 6.00. The van der Waals surface area contributed by atoms with Crippen molar-refractivity contribution < 1.29 is 80.1 Å². The molecule has 3 unspecified atom stereocenters. The van der Waals surface area contributed by atoms with Gasteiger partial charge in [0.2, 0.25) is 35.4 Å². The first-order chi connectivity index (χ1) is 43.4. The molecule has 0 aromatic heterocycles. The Labute approximate surface area is 546 Å². The van der Waals surface area contributed by atoms with E-state index in [0.717, 1.165) is 5.56 Å². The summed E-state index contributed by atoms with van der Waals surface area (Å²) in [5, 5.41) is 13.4. The van der Waals surface area contributed by atoms with Crippen molar-refractivity contribution in [3.05, 3.63) is 65.7 Å². The van der Waals surface area contributed by atoms with Crippen molar-refractivity contribution in [2.24, 2.45) is 35.3 Å². The number of ether oxygens (including phenoxy) is 4. The number of likely N-dealkylation sites (tertiary alicyclic amines) is 1. The highest BCUT2D eigenvalue weighted by Gasteiger charge is 2.46. The second kappa shape index (κ2) is 36.9. The fourth-order valence-electron chi connectivity index (χ4n) is 11.6. The molecule has 0 saturated carbocycles. The van der Waals surface area contributed by atoms with Crippen molar-refractivity contribution in [2.45, 2.75) is 201 Å². The largest absolute Gasteiger partial charge is 0.491 e. The van der Waals surface area contributed by atoms with Gasteiger partial charge in [0.1, 0.15) is 29.8 Å². The van der Waals surface area contributed by atoms with Gasteiger partial charge < -0.3 is 66.0 Å². The molecule has 11 atom stereocenters. The summed E-state index contributed by atoms with van der Waals surface area (Å²) in [4.78, 5) is 141. The third-order valence-corrected chi connectivity index (χ3v) is 16.8. The smallest absolute Gasteiger partial charge is 0.444 e. The number of primary amides is 1. The molecule has 2 aromatic carbocycles. The third-order valence-electron chi connectivity index (χ3n) is 16.8. The van der Waals surface area contributed by atoms with Gasteiger partial charge in [0.15, 0.2) is 0 Å². The van der Waals surface area contributed by atoms with E-state index >= 15 is 0 Å². The lowest BCUT2D eigenvalue weighted by atomic mass is 9.89. The van der Waals surface area contributed by atoms with E-state index in [0.29, 0.717) is 49.9 Å². The van der Waals surface area contributed by atoms with Gasteiger partial charge in [-0.15, -0.1) is 0 Å². The van der Waals surface area contributed by atoms with E-state index in [4.69, 9.17) is 19.9 Å². The van der Waals surface area contributed by atoms with Crippen LogP contribution in [-0.4, -0.2) is 195 Å². The van der Waals surface area contributed by atoms with Crippen LogP contribution in [0.3, 0.4) is 0 Å². The lowest BCUT2D eigenvalue weighted by Gasteiger charge is -2.41. The predicted molar refractivity (Wildman–Crippen MR) is 344 cm³/mol. The number of nitrogens with two attached hydrogens (primary N) is 1. The summed E-state index contributed by atoms with van der Waals surface area (Å²) in [7, 11) is 7.83. The van der Waals surface area contributed by atoms with Crippen molar-refractivity contribution in [3.63, 3.8) is 0 Å². The highest BCUT2D eigenvalue weighted by Crippen LogP contribution is 2.31. The van der Waals surface area contributed by atoms with Gasteiger partial charge in [-0.2, -0.15) is 13.2 Å². The van der Waals surface area contributed by atoms with Crippen LogP contribution in [-0.2, 0) is 70.1 Å². The number of methoxy groups -OCH3 is 2. The molecule has 9 amide bonds. The number of urea groups is 1. The summed E-state index contributed by atoms with van der Waals surface area (Å²) < 4.78 is 60.9. The molecule has 1 fully saturated rings. The zero-order valence-corrected chi connectivity index (χ0v) is 57.3. The lowest BCUT2D eigenvalue weighted by Crippen LogP contribution is -2.60. The summed E-state index contributed by atoms with van der Waals surface area (Å²) in [5.74, 6) is -9.57. The second-order valence-corrected chi connectivity index (χ2v) is 26.1. The summed E-state index contributed by atoms with van der Waals surface area (Å²) in [6.45, 7) is 22.3. The van der Waals surface area contributed by atoms with Gasteiger partial charge in [0.05, 0.1) is 42.7 Å². The molecule has 1 aliphatic heterocycles. The zero-order valence-electron chi connectivity index (χ0n) is 57.3. The van der Waals surface area contributed by atoms with E-state index < -0.39 is 120 Å². The Balaban J connectivity index is 1.77. The van der Waals surface area contributed by atoms with Gasteiger partial charge in [-0.25, -0.2) is 19.2 Å². The Morgan fingerprint density at radius 2 is 1.32 bits per heavy atom. The molecule has 27 heteroatoms. The van der Waals surface area contributed by atoms with E-state index in [-0.39, 0.29) is 67.8 Å². The summed E-state index contributed by atoms with van der Waals surface area (Å²) in [6.07, 6.45) is -6.13. The van der Waals surface area contributed by atoms with Crippen molar-refractivity contribution in [1.82, 2.24) is 41.3 Å². The quantitative estimate of drug-likeness (QED) is 0.0264. The number of hydrogen-bond donors (Lipinski definition) is 6. The maximum Gasteiger partial charge on any atom is 0.491 e. The van der Waals surface area contributed by atoms with E-state index in [9.17, 15) is 61.1 Å².